The van der Waals surface area contributed by atoms with Gasteiger partial charge in [-0.2, -0.15) is 0 Å². The van der Waals surface area contributed by atoms with E-state index < -0.39 is 5.97 Å². The molecule has 0 unspecified atom stereocenters. The molecule has 0 spiro atoms. The number of aryl methyl sites for hydroxylation is 1. The highest BCUT2D eigenvalue weighted by molar-refractivity contribution is 7.13. The maximum Gasteiger partial charge on any atom is 0.323 e. The van der Waals surface area contributed by atoms with Crippen molar-refractivity contribution in [1.82, 2.24) is 9.88 Å². The Morgan fingerprint density at radius 3 is 2.86 bits per heavy atom. The zero-order chi connectivity index (χ0) is 15.2. The average molecular weight is 311 g/mol. The van der Waals surface area contributed by atoms with E-state index in [0.29, 0.717) is 23.9 Å². The van der Waals surface area contributed by atoms with Crippen LogP contribution in [0.1, 0.15) is 38.3 Å². The van der Waals surface area contributed by atoms with Gasteiger partial charge >= 0.3 is 12.0 Å². The number of urea groups is 1. The molecule has 1 aliphatic rings. The largest absolute Gasteiger partial charge is 0.481 e. The summed E-state index contributed by atoms with van der Waals surface area (Å²) >= 11 is 1.38. The molecule has 0 aliphatic carbocycles. The molecule has 116 valence electrons. The first kappa shape index (κ1) is 15.8. The summed E-state index contributed by atoms with van der Waals surface area (Å²) in [5.41, 5.74) is 0.837. The van der Waals surface area contributed by atoms with Crippen LogP contribution in [0.5, 0.6) is 0 Å². The number of nitrogens with one attached hydrogen (secondary N) is 1. The standard InChI is InChI=1S/C14H21N3O3S/c1-10-5-7-17(8-6-10)14(20)16-13-15-11(9-21-13)3-2-4-12(18)19/h9-10H,2-8H2,1H3,(H,18,19)(H,15,16,20). The van der Waals surface area contributed by atoms with Crippen LogP contribution in [0.4, 0.5) is 9.93 Å². The Bertz CT molecular complexity index is 495. The number of carbonyl (C=O) groups is 2. The lowest BCUT2D eigenvalue weighted by molar-refractivity contribution is -0.137. The lowest BCUT2D eigenvalue weighted by Gasteiger charge is -2.29. The van der Waals surface area contributed by atoms with Gasteiger partial charge in [-0.15, -0.1) is 11.3 Å². The number of amides is 2. The predicted octanol–water partition coefficient (Wildman–Crippen LogP) is 2.81. The van der Waals surface area contributed by atoms with Gasteiger partial charge in [0.05, 0.1) is 5.69 Å². The van der Waals surface area contributed by atoms with E-state index in [4.69, 9.17) is 5.11 Å². The van der Waals surface area contributed by atoms with Crippen molar-refractivity contribution in [3.8, 4) is 0 Å². The Balaban J connectivity index is 1.79. The average Bonchev–Trinajstić information content (AvgIpc) is 2.86. The number of hydrogen-bond donors (Lipinski definition) is 2. The molecule has 0 aromatic carbocycles. The number of aliphatic carboxylic acids is 1. The van der Waals surface area contributed by atoms with Crippen molar-refractivity contribution in [3.63, 3.8) is 0 Å². The maximum atomic E-state index is 12.1. The molecule has 21 heavy (non-hydrogen) atoms. The smallest absolute Gasteiger partial charge is 0.323 e. The van der Waals surface area contributed by atoms with E-state index in [2.05, 4.69) is 17.2 Å². The molecule has 0 bridgehead atoms. The summed E-state index contributed by atoms with van der Waals surface area (Å²) in [7, 11) is 0. The molecule has 2 heterocycles. The summed E-state index contributed by atoms with van der Waals surface area (Å²) in [6.45, 7) is 3.80. The van der Waals surface area contributed by atoms with Crippen LogP contribution in [-0.2, 0) is 11.2 Å². The number of piperidine rings is 1. The van der Waals surface area contributed by atoms with Crippen LogP contribution in [0.15, 0.2) is 5.38 Å². The van der Waals surface area contributed by atoms with Gasteiger partial charge in [0.25, 0.3) is 0 Å². The Hall–Kier alpha value is -1.63. The molecule has 7 heteroatoms. The number of hydrogen-bond acceptors (Lipinski definition) is 4. The number of anilines is 1. The highest BCUT2D eigenvalue weighted by Crippen LogP contribution is 2.20. The summed E-state index contributed by atoms with van der Waals surface area (Å²) in [4.78, 5) is 28.7. The number of carbonyl (C=O) groups excluding carboxylic acids is 1. The number of nitrogens with zero attached hydrogens (tertiary/aromatic N) is 2. The van der Waals surface area contributed by atoms with Crippen molar-refractivity contribution < 1.29 is 14.7 Å². The Morgan fingerprint density at radius 1 is 1.48 bits per heavy atom. The van der Waals surface area contributed by atoms with Crippen LogP contribution >= 0.6 is 11.3 Å². The SMILES string of the molecule is CC1CCN(C(=O)Nc2nc(CCCC(=O)O)cs2)CC1. The van der Waals surface area contributed by atoms with Gasteiger partial charge in [0, 0.05) is 24.9 Å². The third-order valence-electron chi connectivity index (χ3n) is 3.66. The van der Waals surface area contributed by atoms with Crippen molar-refractivity contribution >= 4 is 28.5 Å². The highest BCUT2D eigenvalue weighted by atomic mass is 32.1. The zero-order valence-electron chi connectivity index (χ0n) is 12.2. The molecular weight excluding hydrogens is 290 g/mol. The fourth-order valence-electron chi connectivity index (χ4n) is 2.28. The third kappa shape index (κ3) is 5.00. The second-order valence-electron chi connectivity index (χ2n) is 5.49. The van der Waals surface area contributed by atoms with Gasteiger partial charge in [-0.1, -0.05) is 6.92 Å². The lowest BCUT2D eigenvalue weighted by Crippen LogP contribution is -2.40. The van der Waals surface area contributed by atoms with Crippen LogP contribution < -0.4 is 5.32 Å². The van der Waals surface area contributed by atoms with Crippen molar-refractivity contribution in [3.05, 3.63) is 11.1 Å². The second kappa shape index (κ2) is 7.40. The summed E-state index contributed by atoms with van der Waals surface area (Å²) in [6.07, 6.45) is 3.43. The summed E-state index contributed by atoms with van der Waals surface area (Å²) in [6, 6.07) is -0.0895. The minimum Gasteiger partial charge on any atom is -0.481 e. The molecule has 6 nitrogen and oxygen atoms in total. The lowest BCUT2D eigenvalue weighted by atomic mass is 10.00. The first-order valence-corrected chi connectivity index (χ1v) is 8.14. The number of carboxylic acid groups (broad SMARTS) is 1. The predicted molar refractivity (Wildman–Crippen MR) is 81.7 cm³/mol. The fourth-order valence-corrected chi connectivity index (χ4v) is 3.02. The minimum atomic E-state index is -0.793. The minimum absolute atomic E-state index is 0.0895. The Kier molecular flexibility index (Phi) is 5.55. The quantitative estimate of drug-likeness (QED) is 0.876. The molecule has 1 aromatic rings. The topological polar surface area (TPSA) is 82.5 Å². The van der Waals surface area contributed by atoms with Gasteiger partial charge in [-0.25, -0.2) is 9.78 Å². The van der Waals surface area contributed by atoms with Crippen LogP contribution in [0.3, 0.4) is 0 Å². The van der Waals surface area contributed by atoms with Crippen LogP contribution in [0.25, 0.3) is 0 Å². The molecule has 2 rings (SSSR count). The number of likely N-dealkylation sites (tertiary alicyclic amines) is 1. The molecule has 2 N–H and O–H groups in total. The van der Waals surface area contributed by atoms with Gasteiger partial charge in [0.15, 0.2) is 5.13 Å². The van der Waals surface area contributed by atoms with Gasteiger partial charge in [-0.3, -0.25) is 10.1 Å². The Morgan fingerprint density at radius 2 is 2.19 bits per heavy atom. The van der Waals surface area contributed by atoms with E-state index in [1.807, 2.05) is 10.3 Å². The zero-order valence-corrected chi connectivity index (χ0v) is 13.0. The van der Waals surface area contributed by atoms with E-state index in [1.54, 1.807) is 0 Å². The molecule has 1 fully saturated rings. The van der Waals surface area contributed by atoms with Crippen molar-refractivity contribution in [1.29, 1.82) is 0 Å². The molecule has 0 saturated carbocycles. The van der Waals surface area contributed by atoms with Crippen LogP contribution in [-0.4, -0.2) is 40.1 Å². The Labute approximate surface area is 128 Å². The highest BCUT2D eigenvalue weighted by Gasteiger charge is 2.20. The first-order chi connectivity index (χ1) is 10.0. The van der Waals surface area contributed by atoms with Crippen molar-refractivity contribution in [2.45, 2.75) is 39.0 Å². The van der Waals surface area contributed by atoms with Gasteiger partial charge in [-0.05, 0) is 31.6 Å². The molecule has 1 aromatic heterocycles. The van der Waals surface area contributed by atoms with E-state index >= 15 is 0 Å². The molecular formula is C14H21N3O3S. The van der Waals surface area contributed by atoms with Gasteiger partial charge in [0.2, 0.25) is 0 Å². The normalized spacial score (nSPS) is 16.0. The number of rotatable bonds is 5. The number of carboxylic acids is 1. The molecule has 1 aliphatic heterocycles. The van der Waals surface area contributed by atoms with Crippen molar-refractivity contribution in [2.75, 3.05) is 18.4 Å². The van der Waals surface area contributed by atoms with Crippen LogP contribution in [0, 0.1) is 5.92 Å². The number of aromatic nitrogens is 1. The number of thiazole rings is 1. The second-order valence-corrected chi connectivity index (χ2v) is 6.35. The van der Waals surface area contributed by atoms with Crippen molar-refractivity contribution in [2.24, 2.45) is 5.92 Å². The summed E-state index contributed by atoms with van der Waals surface area (Å²) in [5, 5.41) is 13.9. The first-order valence-electron chi connectivity index (χ1n) is 7.26. The molecule has 0 radical (unpaired) electrons. The molecule has 2 amide bonds. The van der Waals surface area contributed by atoms with E-state index in [9.17, 15) is 9.59 Å². The monoisotopic (exact) mass is 311 g/mol. The summed E-state index contributed by atoms with van der Waals surface area (Å²) in [5.74, 6) is -0.104. The molecule has 1 saturated heterocycles. The van der Waals surface area contributed by atoms with Crippen LogP contribution in [0.2, 0.25) is 0 Å². The van der Waals surface area contributed by atoms with E-state index in [1.165, 1.54) is 11.3 Å². The molecule has 0 atom stereocenters. The summed E-state index contributed by atoms with van der Waals surface area (Å²) < 4.78 is 0. The van der Waals surface area contributed by atoms with E-state index in [0.717, 1.165) is 31.6 Å². The fraction of sp³-hybridized carbons (Fsp3) is 0.643. The maximum absolute atomic E-state index is 12.1. The third-order valence-corrected chi connectivity index (χ3v) is 4.47. The van der Waals surface area contributed by atoms with Gasteiger partial charge in [0.1, 0.15) is 0 Å². The van der Waals surface area contributed by atoms with Gasteiger partial charge < -0.3 is 10.0 Å². The van der Waals surface area contributed by atoms with E-state index in [-0.39, 0.29) is 12.5 Å².